The highest BCUT2D eigenvalue weighted by atomic mass is 15.2. The summed E-state index contributed by atoms with van der Waals surface area (Å²) in [7, 11) is 2.19. The minimum Gasteiger partial charge on any atom is -0.304 e. The predicted octanol–water partition coefficient (Wildman–Crippen LogP) is 20.5. The zero-order chi connectivity index (χ0) is 70.0. The first-order chi connectivity index (χ1) is 42.3. The van der Waals surface area contributed by atoms with Gasteiger partial charge in [0.05, 0.1) is 0 Å². The molecule has 7 fully saturated rings. The first-order valence-electron chi connectivity index (χ1n) is 40.2. The molecule has 8 heteroatoms. The predicted molar refractivity (Wildman–Crippen MR) is 413 cm³/mol. The third kappa shape index (κ3) is 39.8. The summed E-state index contributed by atoms with van der Waals surface area (Å²) in [6.45, 7) is 93.9. The maximum absolute atomic E-state index is 2.62. The van der Waals surface area contributed by atoms with Crippen LogP contribution in [0.15, 0.2) is 0 Å². The van der Waals surface area contributed by atoms with Crippen molar-refractivity contribution >= 4 is 0 Å². The molecule has 7 saturated heterocycles. The lowest BCUT2D eigenvalue weighted by Gasteiger charge is -2.37. The third-order valence-corrected chi connectivity index (χ3v) is 23.5. The Morgan fingerprint density at radius 2 is 0.429 bits per heavy atom. The normalized spacial score (nSPS) is 24.9. The number of rotatable bonds is 18. The summed E-state index contributed by atoms with van der Waals surface area (Å²) in [5.41, 5.74) is 0. The molecule has 0 radical (unpaired) electrons. The fourth-order valence-corrected chi connectivity index (χ4v) is 14.5. The van der Waals surface area contributed by atoms with E-state index in [4.69, 9.17) is 0 Å². The average Bonchev–Trinajstić information content (AvgIpc) is 3.59. The fraction of sp³-hybridized carbons (Fsp3) is 1.00. The minimum atomic E-state index is 0.693. The Balaban J connectivity index is 0.00000102. The van der Waals surface area contributed by atoms with Gasteiger partial charge in [-0.2, -0.15) is 0 Å². The zero-order valence-corrected chi connectivity index (χ0v) is 68.9. The van der Waals surface area contributed by atoms with Crippen LogP contribution in [-0.2, 0) is 0 Å². The van der Waals surface area contributed by atoms with Gasteiger partial charge in [0.25, 0.3) is 0 Å². The van der Waals surface area contributed by atoms with Gasteiger partial charge in [0.1, 0.15) is 0 Å². The number of nitrogens with zero attached hydrogens (tertiary/aromatic N) is 8. The monoisotopic (exact) mass is 1290 g/mol. The molecule has 7 rings (SSSR count). The quantitative estimate of drug-likeness (QED) is 0.134. The Morgan fingerprint density at radius 1 is 0.242 bits per heavy atom. The number of hydrogen-bond acceptors (Lipinski definition) is 8. The first kappa shape index (κ1) is 90.7. The molecular weight excluding hydrogens is 1110 g/mol. The van der Waals surface area contributed by atoms with E-state index in [1.807, 2.05) is 0 Å². The van der Waals surface area contributed by atoms with Crippen molar-refractivity contribution in [1.82, 2.24) is 39.2 Å². The summed E-state index contributed by atoms with van der Waals surface area (Å²) in [4.78, 5) is 20.6. The first-order valence-corrected chi connectivity index (χ1v) is 40.2. The van der Waals surface area contributed by atoms with Crippen LogP contribution in [0.4, 0.5) is 0 Å². The Morgan fingerprint density at radius 3 is 0.593 bits per heavy atom. The van der Waals surface area contributed by atoms with E-state index in [9.17, 15) is 0 Å². The molecule has 548 valence electrons. The van der Waals surface area contributed by atoms with E-state index < -0.39 is 0 Å². The summed E-state index contributed by atoms with van der Waals surface area (Å²) >= 11 is 0. The Bertz CT molecular complexity index is 1410. The van der Waals surface area contributed by atoms with E-state index in [2.05, 4.69) is 268 Å². The lowest BCUT2D eigenvalue weighted by atomic mass is 9.86. The Hall–Kier alpha value is -0.320. The third-order valence-electron chi connectivity index (χ3n) is 23.5. The number of hydrogen-bond donors (Lipinski definition) is 0. The van der Waals surface area contributed by atoms with Crippen molar-refractivity contribution in [1.29, 1.82) is 0 Å². The van der Waals surface area contributed by atoms with Crippen LogP contribution in [0.25, 0.3) is 0 Å². The highest BCUT2D eigenvalue weighted by molar-refractivity contribution is 4.84. The van der Waals surface area contributed by atoms with Gasteiger partial charge in [-0.1, -0.05) is 111 Å². The van der Waals surface area contributed by atoms with Crippen LogP contribution in [0.3, 0.4) is 0 Å². The van der Waals surface area contributed by atoms with Crippen molar-refractivity contribution in [3.63, 3.8) is 0 Å². The van der Waals surface area contributed by atoms with E-state index in [0.717, 1.165) is 131 Å². The summed E-state index contributed by atoms with van der Waals surface area (Å²) in [6.07, 6.45) is 16.9. The molecular formula is C83H176N8. The molecule has 0 saturated carbocycles. The van der Waals surface area contributed by atoms with Crippen molar-refractivity contribution in [3.05, 3.63) is 0 Å². The Labute approximate surface area is 577 Å². The summed E-state index contributed by atoms with van der Waals surface area (Å²) in [5, 5.41) is 0. The molecule has 91 heavy (non-hydrogen) atoms. The zero-order valence-electron chi connectivity index (χ0n) is 68.9. The highest BCUT2D eigenvalue weighted by Crippen LogP contribution is 2.30. The molecule has 7 heterocycles. The number of piperidine rings is 4. The molecule has 0 aromatic rings. The molecule has 0 N–H and O–H groups in total. The largest absolute Gasteiger partial charge is 0.304 e. The van der Waals surface area contributed by atoms with Gasteiger partial charge < -0.3 is 39.2 Å². The SMILES string of the molecule is CC(C)C1CCCN(C(C)C)C1.CC(C)C1CCN(C(C)C)C1.CC(C)C1CCN(C(C)C)CC1.CC(C)CCN(C)C(C)C.CC(C)[C@@H]1CCCN(C(C)C)C1.CC(C)[C@@H]1CCN(C(C)C)C1.CC(C)[C@H]1CCCN(C(C)C)C1.CC(C)[C@H]1CCN(C(C)C)C1. The molecule has 7 aliphatic rings. The van der Waals surface area contributed by atoms with Gasteiger partial charge in [-0.25, -0.2) is 0 Å². The number of likely N-dealkylation sites (tertiary alicyclic amines) is 7. The molecule has 0 bridgehead atoms. The molecule has 7 aliphatic heterocycles. The summed E-state index contributed by atoms with van der Waals surface area (Å²) < 4.78 is 0. The van der Waals surface area contributed by atoms with Gasteiger partial charge in [-0.15, -0.1) is 0 Å². The van der Waals surface area contributed by atoms with Gasteiger partial charge in [0.15, 0.2) is 0 Å². The van der Waals surface area contributed by atoms with E-state index in [1.165, 1.54) is 175 Å². The van der Waals surface area contributed by atoms with Gasteiger partial charge in [-0.05, 0) is 343 Å². The molecule has 0 aliphatic carbocycles. The van der Waals surface area contributed by atoms with Crippen LogP contribution in [-0.4, -0.2) is 193 Å². The van der Waals surface area contributed by atoms with Crippen molar-refractivity contribution < 1.29 is 0 Å². The smallest absolute Gasteiger partial charge is 0.00387 e. The maximum atomic E-state index is 2.62. The second-order valence-electron chi connectivity index (χ2n) is 35.8. The molecule has 2 unspecified atom stereocenters. The van der Waals surface area contributed by atoms with Gasteiger partial charge >= 0.3 is 0 Å². The van der Waals surface area contributed by atoms with Crippen LogP contribution in [0.1, 0.15) is 299 Å². The van der Waals surface area contributed by atoms with Crippen LogP contribution in [0.2, 0.25) is 0 Å². The molecule has 6 atom stereocenters. The van der Waals surface area contributed by atoms with Gasteiger partial charge in [0.2, 0.25) is 0 Å². The second kappa shape index (κ2) is 49.2. The van der Waals surface area contributed by atoms with Crippen molar-refractivity contribution in [2.45, 2.75) is 347 Å². The van der Waals surface area contributed by atoms with Crippen LogP contribution >= 0.6 is 0 Å². The van der Waals surface area contributed by atoms with E-state index in [-0.39, 0.29) is 0 Å². The fourth-order valence-electron chi connectivity index (χ4n) is 14.5. The molecule has 0 amide bonds. The van der Waals surface area contributed by atoms with E-state index in [0.29, 0.717) is 6.04 Å². The van der Waals surface area contributed by atoms with Gasteiger partial charge in [-0.3, -0.25) is 0 Å². The Kier molecular flexibility index (Phi) is 49.1. The maximum Gasteiger partial charge on any atom is 0.00387 e. The summed E-state index contributed by atoms with van der Waals surface area (Å²) in [6, 6.07) is 5.91. The lowest BCUT2D eigenvalue weighted by molar-refractivity contribution is 0.117. The van der Waals surface area contributed by atoms with Crippen molar-refractivity contribution in [2.75, 3.05) is 105 Å². The average molecular weight is 1290 g/mol. The van der Waals surface area contributed by atoms with Crippen LogP contribution in [0.5, 0.6) is 0 Å². The van der Waals surface area contributed by atoms with Crippen LogP contribution in [0, 0.1) is 88.8 Å². The molecule has 0 aromatic heterocycles. The van der Waals surface area contributed by atoms with Gasteiger partial charge in [0, 0.05) is 87.6 Å². The van der Waals surface area contributed by atoms with Crippen LogP contribution < -0.4 is 0 Å². The summed E-state index contributed by atoms with van der Waals surface area (Å²) in [5.74, 6) is 13.6. The topological polar surface area (TPSA) is 25.9 Å². The lowest BCUT2D eigenvalue weighted by Crippen LogP contribution is -2.41. The van der Waals surface area contributed by atoms with Crippen molar-refractivity contribution in [3.8, 4) is 0 Å². The molecule has 8 nitrogen and oxygen atoms in total. The van der Waals surface area contributed by atoms with E-state index in [1.54, 1.807) is 0 Å². The minimum absolute atomic E-state index is 0.693. The van der Waals surface area contributed by atoms with E-state index >= 15 is 0 Å². The molecule has 0 aromatic carbocycles. The standard InChI is InChI=1S/4C11H23N.3C10H21N.C9H21N/c1-9(2)11-5-7-12(8-6-11)10(3)4;3*1-9(2)11-6-5-7-12(8-11)10(3)4;3*1-8(2)10-5-6-11(7-10)9(3)4;1-8(2)6-7-10(5)9(3)4/h4*9-11H,5-8H2,1-4H3;3*8-10H,5-7H2,1-4H3;8-9H,6-7H2,1-5H3/t;2*11-;;2*10-;;/m.10.10../s1. The molecule has 0 spiro atoms. The van der Waals surface area contributed by atoms with Crippen molar-refractivity contribution in [2.24, 2.45) is 88.8 Å². The highest BCUT2D eigenvalue weighted by Gasteiger charge is 2.30. The second-order valence-corrected chi connectivity index (χ2v) is 35.8.